The summed E-state index contributed by atoms with van der Waals surface area (Å²) in [5, 5.41) is 3.42. The number of carbonyl (C=O) groups excluding carboxylic acids is 1. The molecule has 1 unspecified atom stereocenters. The molecule has 0 saturated carbocycles. The van der Waals surface area contributed by atoms with Crippen LogP contribution in [0.1, 0.15) is 38.9 Å². The monoisotopic (exact) mass is 278 g/mol. The third kappa shape index (κ3) is 3.97. The molecule has 1 rings (SSSR count). The van der Waals surface area contributed by atoms with Gasteiger partial charge in [0.2, 0.25) is 0 Å². The van der Waals surface area contributed by atoms with Crippen LogP contribution in [-0.4, -0.2) is 22.4 Å². The average Bonchev–Trinajstić information content (AvgIpc) is 2.74. The van der Waals surface area contributed by atoms with Gasteiger partial charge in [0, 0.05) is 6.20 Å². The van der Waals surface area contributed by atoms with Crippen molar-refractivity contribution in [1.29, 1.82) is 0 Å². The zero-order chi connectivity index (χ0) is 14.6. The summed E-state index contributed by atoms with van der Waals surface area (Å²) in [6, 6.07) is 0.00491. The Labute approximate surface area is 109 Å². The van der Waals surface area contributed by atoms with E-state index >= 15 is 0 Å². The highest BCUT2D eigenvalue weighted by Crippen LogP contribution is 2.29. The Morgan fingerprint density at radius 1 is 1.47 bits per heavy atom. The molecule has 0 bridgehead atoms. The molecule has 0 aliphatic rings. The Balaban J connectivity index is 2.94. The summed E-state index contributed by atoms with van der Waals surface area (Å²) in [5.41, 5.74) is -1.01. The lowest BCUT2D eigenvalue weighted by atomic mass is 10.1. The second-order valence-electron chi connectivity index (χ2n) is 4.54. The van der Waals surface area contributed by atoms with Gasteiger partial charge in [0.1, 0.15) is 0 Å². The first-order chi connectivity index (χ1) is 8.77. The van der Waals surface area contributed by atoms with Crippen LogP contribution in [0, 0.1) is 5.92 Å². The summed E-state index contributed by atoms with van der Waals surface area (Å²) in [6.07, 6.45) is -2.70. The molecule has 0 aromatic carbocycles. The van der Waals surface area contributed by atoms with Crippen molar-refractivity contribution in [3.05, 3.63) is 18.0 Å². The lowest BCUT2D eigenvalue weighted by Crippen LogP contribution is -2.27. The number of hydrogen-bond donors (Lipinski definition) is 0. The second kappa shape index (κ2) is 6.08. The van der Waals surface area contributed by atoms with Crippen molar-refractivity contribution in [2.24, 2.45) is 5.92 Å². The topological polar surface area (TPSA) is 44.1 Å². The highest BCUT2D eigenvalue weighted by atomic mass is 19.4. The summed E-state index contributed by atoms with van der Waals surface area (Å²) in [4.78, 5) is 11.8. The number of esters is 1. The van der Waals surface area contributed by atoms with Crippen LogP contribution in [0.15, 0.2) is 12.3 Å². The molecule has 7 heteroatoms. The smallest absolute Gasteiger partial charge is 0.435 e. The van der Waals surface area contributed by atoms with Gasteiger partial charge in [-0.15, -0.1) is 0 Å². The van der Waals surface area contributed by atoms with E-state index in [0.29, 0.717) is 6.42 Å². The zero-order valence-corrected chi connectivity index (χ0v) is 11.1. The fraction of sp³-hybridized carbons (Fsp3) is 0.667. The molecule has 0 aliphatic carbocycles. The summed E-state index contributed by atoms with van der Waals surface area (Å²) in [7, 11) is 0. The summed E-state index contributed by atoms with van der Waals surface area (Å²) < 4.78 is 43.4. The number of halogens is 3. The lowest BCUT2D eigenvalue weighted by molar-refractivity contribution is -0.150. The Morgan fingerprint density at radius 3 is 2.53 bits per heavy atom. The number of nitrogens with zero attached hydrogens (tertiary/aromatic N) is 2. The number of carbonyl (C=O) groups is 1. The molecule has 108 valence electrons. The van der Waals surface area contributed by atoms with E-state index in [1.54, 1.807) is 13.8 Å². The zero-order valence-electron chi connectivity index (χ0n) is 11.1. The fourth-order valence-electron chi connectivity index (χ4n) is 1.62. The second-order valence-corrected chi connectivity index (χ2v) is 4.54. The molecule has 1 heterocycles. The highest BCUT2D eigenvalue weighted by molar-refractivity contribution is 5.74. The van der Waals surface area contributed by atoms with Gasteiger partial charge in [-0.1, -0.05) is 20.8 Å². The van der Waals surface area contributed by atoms with Gasteiger partial charge >= 0.3 is 12.1 Å². The fourth-order valence-corrected chi connectivity index (χ4v) is 1.62. The first kappa shape index (κ1) is 15.5. The number of rotatable bonds is 5. The van der Waals surface area contributed by atoms with Crippen molar-refractivity contribution in [1.82, 2.24) is 9.78 Å². The molecule has 0 aliphatic heterocycles. The lowest BCUT2D eigenvalue weighted by Gasteiger charge is -2.19. The quantitative estimate of drug-likeness (QED) is 0.777. The summed E-state index contributed by atoms with van der Waals surface area (Å²) in [6.45, 7) is 5.54. The maximum atomic E-state index is 12.5. The standard InChI is InChI=1S/C12H17F3N2O2/c1-4-7-19-11(18)10(8(2)3)17-6-5-9(16-17)12(13,14)15/h5-6,8,10H,4,7H2,1-3H3. The van der Waals surface area contributed by atoms with Crippen LogP contribution in [0.5, 0.6) is 0 Å². The third-order valence-corrected chi connectivity index (χ3v) is 2.51. The minimum absolute atomic E-state index is 0.217. The third-order valence-electron chi connectivity index (χ3n) is 2.51. The number of ether oxygens (including phenoxy) is 1. The number of alkyl halides is 3. The molecule has 0 saturated heterocycles. The van der Waals surface area contributed by atoms with E-state index in [1.165, 1.54) is 0 Å². The Kier molecular flexibility index (Phi) is 4.97. The minimum atomic E-state index is -4.51. The van der Waals surface area contributed by atoms with Crippen molar-refractivity contribution in [2.75, 3.05) is 6.61 Å². The molecule has 0 amide bonds. The van der Waals surface area contributed by atoms with E-state index in [-0.39, 0.29) is 12.5 Å². The first-order valence-electron chi connectivity index (χ1n) is 6.06. The van der Waals surface area contributed by atoms with Gasteiger partial charge in [-0.25, -0.2) is 4.79 Å². The molecular formula is C12H17F3N2O2. The highest BCUT2D eigenvalue weighted by Gasteiger charge is 2.35. The van der Waals surface area contributed by atoms with Crippen molar-refractivity contribution in [3.8, 4) is 0 Å². The molecule has 4 nitrogen and oxygen atoms in total. The Hall–Kier alpha value is -1.53. The molecule has 0 spiro atoms. The van der Waals surface area contributed by atoms with E-state index in [4.69, 9.17) is 4.74 Å². The van der Waals surface area contributed by atoms with Crippen LogP contribution in [0.2, 0.25) is 0 Å². The van der Waals surface area contributed by atoms with Gasteiger partial charge in [0.15, 0.2) is 11.7 Å². The largest absolute Gasteiger partial charge is 0.464 e. The Morgan fingerprint density at radius 2 is 2.11 bits per heavy atom. The molecule has 1 atom stereocenters. The van der Waals surface area contributed by atoms with Crippen LogP contribution >= 0.6 is 0 Å². The van der Waals surface area contributed by atoms with Crippen LogP contribution in [0.4, 0.5) is 13.2 Å². The maximum absolute atomic E-state index is 12.5. The van der Waals surface area contributed by atoms with Gasteiger partial charge in [-0.2, -0.15) is 18.3 Å². The van der Waals surface area contributed by atoms with Gasteiger partial charge in [0.25, 0.3) is 0 Å². The van der Waals surface area contributed by atoms with Gasteiger partial charge in [-0.05, 0) is 18.4 Å². The van der Waals surface area contributed by atoms with Crippen LogP contribution in [0.3, 0.4) is 0 Å². The van der Waals surface area contributed by atoms with Crippen LogP contribution in [0.25, 0.3) is 0 Å². The van der Waals surface area contributed by atoms with Gasteiger partial charge in [0.05, 0.1) is 6.61 Å². The van der Waals surface area contributed by atoms with Crippen molar-refractivity contribution in [2.45, 2.75) is 39.4 Å². The molecule has 0 fully saturated rings. The van der Waals surface area contributed by atoms with E-state index in [2.05, 4.69) is 5.10 Å². The minimum Gasteiger partial charge on any atom is -0.464 e. The number of aromatic nitrogens is 2. The molecular weight excluding hydrogens is 261 g/mol. The summed E-state index contributed by atoms with van der Waals surface area (Å²) in [5.74, 6) is -0.779. The predicted molar refractivity (Wildman–Crippen MR) is 62.4 cm³/mol. The molecule has 1 aromatic rings. The molecule has 1 aromatic heterocycles. The normalized spacial score (nSPS) is 13.6. The van der Waals surface area contributed by atoms with E-state index in [9.17, 15) is 18.0 Å². The van der Waals surface area contributed by atoms with Crippen LogP contribution in [-0.2, 0) is 15.7 Å². The molecule has 0 radical (unpaired) electrons. The Bertz CT molecular complexity index is 427. The van der Waals surface area contributed by atoms with E-state index < -0.39 is 23.9 Å². The predicted octanol–water partition coefficient (Wildman–Crippen LogP) is 3.05. The number of hydrogen-bond acceptors (Lipinski definition) is 3. The maximum Gasteiger partial charge on any atom is 0.435 e. The van der Waals surface area contributed by atoms with E-state index in [0.717, 1.165) is 16.9 Å². The van der Waals surface area contributed by atoms with Gasteiger partial charge < -0.3 is 4.74 Å². The molecule has 19 heavy (non-hydrogen) atoms. The van der Waals surface area contributed by atoms with Gasteiger partial charge in [-0.3, -0.25) is 4.68 Å². The summed E-state index contributed by atoms with van der Waals surface area (Å²) >= 11 is 0. The van der Waals surface area contributed by atoms with Crippen molar-refractivity contribution >= 4 is 5.97 Å². The van der Waals surface area contributed by atoms with Crippen molar-refractivity contribution < 1.29 is 22.7 Å². The molecule has 0 N–H and O–H groups in total. The average molecular weight is 278 g/mol. The van der Waals surface area contributed by atoms with Crippen molar-refractivity contribution in [3.63, 3.8) is 0 Å². The van der Waals surface area contributed by atoms with Crippen LogP contribution < -0.4 is 0 Å². The first-order valence-corrected chi connectivity index (χ1v) is 6.06. The SMILES string of the molecule is CCCOC(=O)C(C(C)C)n1ccc(C(F)(F)F)n1. The van der Waals surface area contributed by atoms with E-state index in [1.807, 2.05) is 6.92 Å².